The van der Waals surface area contributed by atoms with Crippen LogP contribution >= 0.6 is 0 Å². The minimum Gasteiger partial charge on any atom is -0.0952 e. The predicted molar refractivity (Wildman–Crippen MR) is 177 cm³/mol. The summed E-state index contributed by atoms with van der Waals surface area (Å²) in [6.45, 7) is 15.9. The van der Waals surface area contributed by atoms with E-state index in [0.29, 0.717) is 5.92 Å². The molecule has 0 aromatic heterocycles. The smallest absolute Gasteiger partial charge is 0.00957 e. The fourth-order valence-corrected chi connectivity index (χ4v) is 6.47. The van der Waals surface area contributed by atoms with Crippen molar-refractivity contribution in [3.05, 3.63) is 119 Å². The number of unbranched alkanes of at least 4 members (excludes halogenated alkanes) is 1. The van der Waals surface area contributed by atoms with Crippen molar-refractivity contribution in [1.29, 1.82) is 0 Å². The molecule has 0 radical (unpaired) electrons. The van der Waals surface area contributed by atoms with E-state index in [0.717, 1.165) is 23.8 Å². The first-order valence-electron chi connectivity index (χ1n) is 16.1. The molecule has 3 aromatic carbocycles. The van der Waals surface area contributed by atoms with E-state index >= 15 is 0 Å². The predicted octanol–water partition coefficient (Wildman–Crippen LogP) is 12.2. The molecule has 1 atom stereocenters. The van der Waals surface area contributed by atoms with Crippen LogP contribution in [0.3, 0.4) is 0 Å². The fraction of sp³-hybridized carbons (Fsp3) is 0.450. The molecule has 0 N–H and O–H groups in total. The molecule has 3 aromatic rings. The quantitative estimate of drug-likeness (QED) is 0.152. The second-order valence-electron chi connectivity index (χ2n) is 12.4. The molecule has 1 aliphatic carbocycles. The minimum atomic E-state index is 0.354. The van der Waals surface area contributed by atoms with Crippen LogP contribution in [0.5, 0.6) is 0 Å². The summed E-state index contributed by atoms with van der Waals surface area (Å²) in [5.74, 6) is 2.19. The molecule has 1 aliphatic rings. The second-order valence-corrected chi connectivity index (χ2v) is 12.4. The van der Waals surface area contributed by atoms with Crippen LogP contribution in [-0.2, 0) is 0 Å². The fourth-order valence-electron chi connectivity index (χ4n) is 6.47. The first kappa shape index (κ1) is 30.1. The zero-order valence-corrected chi connectivity index (χ0v) is 25.6. The summed E-state index contributed by atoms with van der Waals surface area (Å²) in [5, 5.41) is 0. The number of allylic oxidation sites excluding steroid dienone is 1. The van der Waals surface area contributed by atoms with Gasteiger partial charge in [0.1, 0.15) is 0 Å². The van der Waals surface area contributed by atoms with Crippen molar-refractivity contribution in [3.63, 3.8) is 0 Å². The van der Waals surface area contributed by atoms with Gasteiger partial charge >= 0.3 is 0 Å². The summed E-state index contributed by atoms with van der Waals surface area (Å²) in [6.07, 6.45) is 15.7. The van der Waals surface area contributed by atoms with Crippen molar-refractivity contribution in [2.45, 2.75) is 104 Å². The van der Waals surface area contributed by atoms with Crippen LogP contribution in [0.1, 0.15) is 130 Å². The van der Waals surface area contributed by atoms with Crippen molar-refractivity contribution in [2.24, 2.45) is 11.8 Å². The number of hydrogen-bond acceptors (Lipinski definition) is 0. The van der Waals surface area contributed by atoms with Crippen molar-refractivity contribution in [3.8, 4) is 0 Å². The molecule has 0 saturated heterocycles. The van der Waals surface area contributed by atoms with Crippen LogP contribution in [-0.4, -0.2) is 0 Å². The molecular weight excluding hydrogens is 480 g/mol. The van der Waals surface area contributed by atoms with Crippen LogP contribution in [0.4, 0.5) is 0 Å². The van der Waals surface area contributed by atoms with Gasteiger partial charge in [-0.2, -0.15) is 0 Å². The molecular formula is C40H52. The first-order chi connectivity index (χ1) is 19.5. The maximum Gasteiger partial charge on any atom is 0.00957 e. The highest BCUT2D eigenvalue weighted by Crippen LogP contribution is 2.39. The van der Waals surface area contributed by atoms with Gasteiger partial charge in [-0.15, -0.1) is 0 Å². The van der Waals surface area contributed by atoms with E-state index in [1.807, 2.05) is 0 Å². The Bertz CT molecular complexity index is 1200. The number of rotatable bonds is 17. The number of benzene rings is 3. The van der Waals surface area contributed by atoms with Gasteiger partial charge in [-0.3, -0.25) is 0 Å². The van der Waals surface area contributed by atoms with Crippen LogP contribution in [0.15, 0.2) is 86.0 Å². The van der Waals surface area contributed by atoms with Crippen LogP contribution in [0.2, 0.25) is 0 Å². The van der Waals surface area contributed by atoms with E-state index in [1.54, 1.807) is 0 Å². The first-order valence-corrected chi connectivity index (χ1v) is 16.1. The van der Waals surface area contributed by atoms with E-state index in [9.17, 15) is 0 Å². The summed E-state index contributed by atoms with van der Waals surface area (Å²) >= 11 is 0. The third kappa shape index (κ3) is 8.57. The molecule has 1 unspecified atom stereocenters. The Hall–Kier alpha value is -2.86. The summed E-state index contributed by atoms with van der Waals surface area (Å²) in [7, 11) is 0. The summed E-state index contributed by atoms with van der Waals surface area (Å²) < 4.78 is 0. The van der Waals surface area contributed by atoms with Crippen LogP contribution in [0, 0.1) is 18.8 Å². The average Bonchev–Trinajstić information content (AvgIpc) is 3.81. The standard InChI is InChI=1S/C40H52/c1-6-13-33(14-7-2)22-28-39(37-25-23-35(24-26-37)31(4)15-11-12-16-34-20-21-34)40-29-30(3)19-27-38(40)32(5)36-17-9-8-10-18-36/h8-10,17-19,23-27,29,33-34,39H,4-7,11-16,20-22,28H2,1-3H3. The lowest BCUT2D eigenvalue weighted by Gasteiger charge is -2.25. The van der Waals surface area contributed by atoms with Gasteiger partial charge in [0.15, 0.2) is 0 Å². The summed E-state index contributed by atoms with van der Waals surface area (Å²) in [6, 6.07) is 27.1. The van der Waals surface area contributed by atoms with Crippen molar-refractivity contribution in [1.82, 2.24) is 0 Å². The van der Waals surface area contributed by atoms with Gasteiger partial charge in [0.05, 0.1) is 0 Å². The Morgan fingerprint density at radius 1 is 0.775 bits per heavy atom. The molecule has 40 heavy (non-hydrogen) atoms. The van der Waals surface area contributed by atoms with Crippen molar-refractivity contribution >= 4 is 11.1 Å². The molecule has 0 aliphatic heterocycles. The van der Waals surface area contributed by atoms with Gasteiger partial charge in [0, 0.05) is 5.92 Å². The molecule has 212 valence electrons. The molecule has 1 fully saturated rings. The van der Waals surface area contributed by atoms with E-state index < -0.39 is 0 Å². The largest absolute Gasteiger partial charge is 0.0952 e. The summed E-state index contributed by atoms with van der Waals surface area (Å²) in [5.41, 5.74) is 10.4. The Labute approximate surface area is 245 Å². The van der Waals surface area contributed by atoms with Gasteiger partial charge < -0.3 is 0 Å². The third-order valence-corrected chi connectivity index (χ3v) is 9.05. The van der Waals surface area contributed by atoms with Gasteiger partial charge in [-0.05, 0) is 83.4 Å². The summed E-state index contributed by atoms with van der Waals surface area (Å²) in [4.78, 5) is 0. The number of aryl methyl sites for hydroxylation is 1. The zero-order valence-electron chi connectivity index (χ0n) is 25.6. The molecule has 0 heterocycles. The van der Waals surface area contributed by atoms with Crippen LogP contribution < -0.4 is 0 Å². The van der Waals surface area contributed by atoms with Gasteiger partial charge in [0.25, 0.3) is 0 Å². The highest BCUT2D eigenvalue weighted by atomic mass is 14.3. The van der Waals surface area contributed by atoms with Crippen molar-refractivity contribution in [2.75, 3.05) is 0 Å². The Kier molecular flexibility index (Phi) is 11.5. The van der Waals surface area contributed by atoms with E-state index in [1.165, 1.54) is 110 Å². The maximum atomic E-state index is 4.59. The van der Waals surface area contributed by atoms with E-state index in [2.05, 4.69) is 107 Å². The Balaban J connectivity index is 1.60. The Morgan fingerprint density at radius 3 is 2.12 bits per heavy atom. The molecule has 4 rings (SSSR count). The number of hydrogen-bond donors (Lipinski definition) is 0. The maximum absolute atomic E-state index is 4.59. The van der Waals surface area contributed by atoms with Crippen LogP contribution in [0.25, 0.3) is 11.1 Å². The molecule has 0 nitrogen and oxygen atoms in total. The molecule has 0 bridgehead atoms. The average molecular weight is 533 g/mol. The molecule has 1 saturated carbocycles. The van der Waals surface area contributed by atoms with Gasteiger partial charge in [0.2, 0.25) is 0 Å². The topological polar surface area (TPSA) is 0 Å². The molecule has 0 heteroatoms. The highest BCUT2D eigenvalue weighted by Gasteiger charge is 2.22. The monoisotopic (exact) mass is 532 g/mol. The lowest BCUT2D eigenvalue weighted by molar-refractivity contribution is 0.391. The van der Waals surface area contributed by atoms with Gasteiger partial charge in [-0.1, -0.05) is 157 Å². The lowest BCUT2D eigenvalue weighted by Crippen LogP contribution is -2.09. The van der Waals surface area contributed by atoms with E-state index in [4.69, 9.17) is 0 Å². The minimum absolute atomic E-state index is 0.354. The third-order valence-electron chi connectivity index (χ3n) is 9.05. The van der Waals surface area contributed by atoms with Gasteiger partial charge in [-0.25, -0.2) is 0 Å². The lowest BCUT2D eigenvalue weighted by atomic mass is 9.79. The Morgan fingerprint density at radius 2 is 1.48 bits per heavy atom. The SMILES string of the molecule is C=C(CCCCC1CC1)c1ccc(C(CCC(CCC)CCC)c2cc(C)ccc2C(=C)c2ccccc2)cc1. The van der Waals surface area contributed by atoms with Crippen molar-refractivity contribution < 1.29 is 0 Å². The van der Waals surface area contributed by atoms with E-state index in [-0.39, 0.29) is 0 Å². The highest BCUT2D eigenvalue weighted by molar-refractivity contribution is 5.80. The normalized spacial score (nSPS) is 13.9. The molecule has 0 spiro atoms. The molecule has 0 amide bonds. The zero-order chi connectivity index (χ0) is 28.3. The second kappa shape index (κ2) is 15.2.